The summed E-state index contributed by atoms with van der Waals surface area (Å²) in [5, 5.41) is 41.5. The van der Waals surface area contributed by atoms with Gasteiger partial charge in [0.05, 0.1) is 78.8 Å². The van der Waals surface area contributed by atoms with Gasteiger partial charge in [0.1, 0.15) is 17.9 Å². The molecule has 0 saturated carbocycles. The Bertz CT molecular complexity index is 3940. The topological polar surface area (TPSA) is 305 Å². The number of aromatic nitrogens is 10. The number of hydrogen-bond donors (Lipinski definition) is 3. The average Bonchev–Trinajstić information content (AvgIpc) is 2.32. The number of halogens is 15. The van der Waals surface area contributed by atoms with Gasteiger partial charge in [0.25, 0.3) is 27.8 Å². The van der Waals surface area contributed by atoms with E-state index in [4.69, 9.17) is 72.6 Å². The first-order valence-electron chi connectivity index (χ1n) is 23.0. The van der Waals surface area contributed by atoms with E-state index in [1.54, 1.807) is 18.2 Å². The zero-order chi connectivity index (χ0) is 65.6. The van der Waals surface area contributed by atoms with Crippen molar-refractivity contribution in [2.24, 2.45) is 0 Å². The van der Waals surface area contributed by atoms with Crippen molar-refractivity contribution in [3.8, 4) is 17.2 Å². The molecule has 0 fully saturated rings. The van der Waals surface area contributed by atoms with Crippen LogP contribution in [0.2, 0.25) is 25.1 Å². The summed E-state index contributed by atoms with van der Waals surface area (Å²) in [4.78, 5) is 57.0. The van der Waals surface area contributed by atoms with E-state index in [9.17, 15) is 33.6 Å². The van der Waals surface area contributed by atoms with E-state index in [-0.39, 0.29) is 125 Å². The van der Waals surface area contributed by atoms with E-state index in [1.165, 1.54) is 59.2 Å². The summed E-state index contributed by atoms with van der Waals surface area (Å²) in [6.07, 6.45) is 7.05. The van der Waals surface area contributed by atoms with Crippen molar-refractivity contribution in [1.29, 1.82) is 0 Å². The van der Waals surface area contributed by atoms with Crippen LogP contribution in [0.4, 0.5) is 0 Å². The van der Waals surface area contributed by atoms with E-state index >= 15 is 0 Å². The Labute approximate surface area is 676 Å². The van der Waals surface area contributed by atoms with Gasteiger partial charge < -0.3 is 25.2 Å². The maximum absolute atomic E-state index is 12.0. The Morgan fingerprint density at radius 2 is 0.822 bits per heavy atom. The maximum atomic E-state index is 12.0. The molecular formula is C51H42Br7Cl8KN10NaO11P. The van der Waals surface area contributed by atoms with Crippen LogP contribution >= 0.6 is 208 Å². The molecule has 21 nitrogen and oxygen atoms in total. The fourth-order valence-corrected chi connectivity index (χ4v) is 9.15. The number of H-pyrrole nitrogens is 2. The quantitative estimate of drug-likeness (QED) is 0.0689. The van der Waals surface area contributed by atoms with Crippen LogP contribution in [0.1, 0.15) is 22.3 Å². The smallest absolute Gasteiger partial charge is 0.870 e. The first-order valence-corrected chi connectivity index (χ1v) is 35.2. The predicted octanol–water partition coefficient (Wildman–Crippen LogP) is 9.18. The number of nitrogens with one attached hydrogen (secondary N) is 2. The summed E-state index contributed by atoms with van der Waals surface area (Å²) in [6.45, 7) is 0.896. The molecule has 0 aliphatic rings. The second-order valence-electron chi connectivity index (χ2n) is 15.4. The molecule has 0 spiro atoms. The third kappa shape index (κ3) is 32.9. The molecule has 9 rings (SSSR count). The molecule has 90 heavy (non-hydrogen) atoms. The van der Waals surface area contributed by atoms with Gasteiger partial charge in [-0.3, -0.25) is 28.5 Å². The normalized spacial score (nSPS) is 9.72. The number of rotatable bonds is 9. The first kappa shape index (κ1) is 91.2. The molecule has 0 bridgehead atoms. The van der Waals surface area contributed by atoms with Crippen LogP contribution in [0.3, 0.4) is 0 Å². The third-order valence-electron chi connectivity index (χ3n) is 9.75. The van der Waals surface area contributed by atoms with Crippen molar-refractivity contribution in [2.45, 2.75) is 25.0 Å². The standard InChI is InChI=1S/C12H10BrClN2O2.C11H7BrCl2N2O.C11H8BrClN2O2.C7H6BrCl.C5H5BrN2O2.C4H2Br2N2O.CH3O.Cl3OP.K.Na.H2O/c1-18-10-6-15-16(12(17)11(10)13)7-8-4-2-3-5-9(8)14;12-10-9(14)5-15-16(11(10)17)6-7-3-1-2-4-8(7)13;12-10-9(16)5-14-15(11(10)17)6-7-3-1-2-4-8(7)13;8-5-6-3-1-2-4-7(6)9;1-10-3-2-7-8-5(9)4(3)6;5-2-1-7-8-4(9)3(2)6;1-2;1-5(2,3)4;;;/h2-6H,7H2,1H3;1-5H,6H2;1-5,16H,6H2;1-4H,5H2;2H,1H3,(H,8,9);1H,(H,8,9);1H3;;;;1H2/q;;;;;;-1;;2*+1;/p-1. The number of ether oxygens (including phenoxy) is 2. The average molecular weight is 1910 g/mol. The van der Waals surface area contributed by atoms with Crippen LogP contribution in [0.25, 0.3) is 0 Å². The Morgan fingerprint density at radius 3 is 1.17 bits per heavy atom. The number of alkyl halides is 1. The molecule has 0 unspecified atom stereocenters. The minimum atomic E-state index is -3.22. The molecule has 0 amide bonds. The number of methoxy groups -OCH3 is 2. The third-order valence-corrected chi connectivity index (χ3v) is 17.3. The monoisotopic (exact) mass is 1900 g/mol. The van der Waals surface area contributed by atoms with Gasteiger partial charge in [-0.05, 0) is 176 Å². The van der Waals surface area contributed by atoms with E-state index in [0.29, 0.717) is 67.0 Å². The molecule has 0 radical (unpaired) electrons. The first-order chi connectivity index (χ1) is 41.1. The van der Waals surface area contributed by atoms with Crippen LogP contribution in [0, 0.1) is 0 Å². The number of hydrogen-bond acceptors (Lipinski definition) is 16. The van der Waals surface area contributed by atoms with E-state index < -0.39 is 10.8 Å². The number of aromatic hydroxyl groups is 1. The van der Waals surface area contributed by atoms with Gasteiger partial charge in [-0.15, -0.1) is 0 Å². The summed E-state index contributed by atoms with van der Waals surface area (Å²) in [7, 11) is 3.71. The fourth-order valence-electron chi connectivity index (χ4n) is 5.67. The number of aromatic amines is 2. The molecule has 0 atom stereocenters. The molecular weight excluding hydrogens is 1860 g/mol. The molecule has 5 aromatic heterocycles. The summed E-state index contributed by atoms with van der Waals surface area (Å²) >= 11 is 65.3. The molecule has 39 heteroatoms. The van der Waals surface area contributed by atoms with Crippen molar-refractivity contribution in [3.63, 3.8) is 0 Å². The van der Waals surface area contributed by atoms with Gasteiger partial charge in [0.2, 0.25) is 0 Å². The fraction of sp³-hybridized carbons (Fsp3) is 0.137. The van der Waals surface area contributed by atoms with Crippen molar-refractivity contribution in [2.75, 3.05) is 21.3 Å². The molecule has 0 saturated heterocycles. The minimum Gasteiger partial charge on any atom is -0.870 e. The number of nitrogens with zero attached hydrogens (tertiary/aromatic N) is 8. The van der Waals surface area contributed by atoms with Crippen molar-refractivity contribution < 1.29 is 111 Å². The second kappa shape index (κ2) is 48.8. The van der Waals surface area contributed by atoms with Crippen molar-refractivity contribution >= 4 is 208 Å². The summed E-state index contributed by atoms with van der Waals surface area (Å²) in [6, 6.07) is 29.6. The molecule has 474 valence electrons. The van der Waals surface area contributed by atoms with Gasteiger partial charge in [-0.25, -0.2) is 24.2 Å². The summed E-state index contributed by atoms with van der Waals surface area (Å²) < 4.78 is 25.4. The van der Waals surface area contributed by atoms with E-state index in [0.717, 1.165) is 39.7 Å². The molecule has 0 aliphatic heterocycles. The second-order valence-corrected chi connectivity index (χ2v) is 29.5. The minimum absolute atomic E-state index is 0. The van der Waals surface area contributed by atoms with Crippen LogP contribution in [-0.2, 0) is 29.5 Å². The predicted molar refractivity (Wildman–Crippen MR) is 370 cm³/mol. The van der Waals surface area contributed by atoms with Crippen LogP contribution in [-0.4, -0.2) is 81.6 Å². The van der Waals surface area contributed by atoms with Gasteiger partial charge in [-0.1, -0.05) is 147 Å². The molecule has 4 N–H and O–H groups in total. The number of benzene rings is 4. The van der Waals surface area contributed by atoms with Gasteiger partial charge >= 0.3 is 86.1 Å². The van der Waals surface area contributed by atoms with E-state index in [2.05, 4.69) is 181 Å². The van der Waals surface area contributed by atoms with E-state index in [1.807, 2.05) is 78.9 Å². The summed E-state index contributed by atoms with van der Waals surface area (Å²) in [5.74, 6) is 0.671. The largest absolute Gasteiger partial charge is 1.00 e. The van der Waals surface area contributed by atoms with Crippen molar-refractivity contribution in [3.05, 3.63) is 254 Å². The Morgan fingerprint density at radius 1 is 0.500 bits per heavy atom. The van der Waals surface area contributed by atoms with Gasteiger partial charge in [0.15, 0.2) is 17.2 Å². The van der Waals surface area contributed by atoms with Crippen LogP contribution in [0.5, 0.6) is 17.2 Å². The molecule has 5 heterocycles. The van der Waals surface area contributed by atoms with Crippen LogP contribution < -0.4 is 123 Å². The van der Waals surface area contributed by atoms with Gasteiger partial charge in [-0.2, -0.15) is 32.6 Å². The van der Waals surface area contributed by atoms with Gasteiger partial charge in [0, 0.05) is 25.4 Å². The Kier molecular flexibility index (Phi) is 49.4. The SMILES string of the molecule is COc1cn[nH]c(=O)c1Br.COc1cnn(Cc2ccccc2Cl)c(=O)c1Br.C[O-].Clc1ccccc1CBr.O=P(Cl)(Cl)Cl.O=c1[nH]ncc(Br)c1Br.O=c1c(Br)c(Cl)cnn1Cc1ccccc1Cl.O=c1c(Br)c(O)cnn1Cc1ccccc1Cl.[K+].[Na+].[OH-]. The van der Waals surface area contributed by atoms with Crippen LogP contribution in [0.15, 0.2) is 179 Å². The zero-order valence-corrected chi connectivity index (χ0v) is 69.9. The zero-order valence-electron chi connectivity index (χ0n) is 46.7. The summed E-state index contributed by atoms with van der Waals surface area (Å²) in [5.41, 5.74) is 2.14. The molecule has 0 aliphatic carbocycles. The maximum Gasteiger partial charge on any atom is 1.00 e. The van der Waals surface area contributed by atoms with Crippen molar-refractivity contribution in [1.82, 2.24) is 49.7 Å². The Balaban J connectivity index is 0. The molecule has 9 aromatic rings. The Hall–Kier alpha value is -0.854. The molecule has 4 aromatic carbocycles.